The zero-order chi connectivity index (χ0) is 13.1. The largest absolute Gasteiger partial charge is 0.477 e. The van der Waals surface area contributed by atoms with Crippen molar-refractivity contribution in [3.63, 3.8) is 0 Å². The first-order chi connectivity index (χ1) is 9.33. The highest BCUT2D eigenvalue weighted by molar-refractivity contribution is 5.94. The number of morpholine rings is 1. The molecule has 0 aromatic carbocycles. The predicted octanol–water partition coefficient (Wildman–Crippen LogP) is 1.34. The summed E-state index contributed by atoms with van der Waals surface area (Å²) in [5.74, 6) is 1.26. The van der Waals surface area contributed by atoms with Gasteiger partial charge in [0.15, 0.2) is 0 Å². The standard InChI is InChI=1S/C14H18N2O3/c17-14(16-5-7-18-8-6-16)12-3-4-15-13(9-12)19-10-11-1-2-11/h3-4,9,11H,1-2,5-8,10H2. The number of carbonyl (C=O) groups excluding carboxylic acids is 1. The van der Waals surface area contributed by atoms with E-state index in [4.69, 9.17) is 9.47 Å². The molecular weight excluding hydrogens is 244 g/mol. The molecule has 2 aliphatic rings. The van der Waals surface area contributed by atoms with E-state index in [0.29, 0.717) is 50.3 Å². The van der Waals surface area contributed by atoms with E-state index in [1.807, 2.05) is 4.90 Å². The second-order valence-electron chi connectivity index (χ2n) is 5.04. The molecule has 1 aliphatic heterocycles. The third kappa shape index (κ3) is 3.23. The van der Waals surface area contributed by atoms with Crippen molar-refractivity contribution < 1.29 is 14.3 Å². The van der Waals surface area contributed by atoms with Gasteiger partial charge in [0.05, 0.1) is 19.8 Å². The molecule has 0 atom stereocenters. The van der Waals surface area contributed by atoms with Crippen molar-refractivity contribution in [2.24, 2.45) is 5.92 Å². The first kappa shape index (κ1) is 12.4. The van der Waals surface area contributed by atoms with Crippen molar-refractivity contribution in [1.82, 2.24) is 9.88 Å². The summed E-state index contributed by atoms with van der Waals surface area (Å²) in [6.45, 7) is 3.24. The van der Waals surface area contributed by atoms with Crippen LogP contribution in [0.1, 0.15) is 23.2 Å². The molecular formula is C14H18N2O3. The number of aromatic nitrogens is 1. The van der Waals surface area contributed by atoms with Gasteiger partial charge in [0, 0.05) is 30.9 Å². The van der Waals surface area contributed by atoms with Gasteiger partial charge in [-0.05, 0) is 24.8 Å². The molecule has 0 radical (unpaired) electrons. The van der Waals surface area contributed by atoms with Gasteiger partial charge >= 0.3 is 0 Å². The summed E-state index contributed by atoms with van der Waals surface area (Å²) in [6, 6.07) is 3.47. The van der Waals surface area contributed by atoms with Crippen LogP contribution >= 0.6 is 0 Å². The van der Waals surface area contributed by atoms with Crippen LogP contribution in [0.3, 0.4) is 0 Å². The number of hydrogen-bond acceptors (Lipinski definition) is 4. The van der Waals surface area contributed by atoms with Crippen molar-refractivity contribution >= 4 is 5.91 Å². The highest BCUT2D eigenvalue weighted by Gasteiger charge is 2.23. The first-order valence-electron chi connectivity index (χ1n) is 6.79. The van der Waals surface area contributed by atoms with E-state index in [-0.39, 0.29) is 5.91 Å². The fraction of sp³-hybridized carbons (Fsp3) is 0.571. The summed E-state index contributed by atoms with van der Waals surface area (Å²) < 4.78 is 10.9. The van der Waals surface area contributed by atoms with Crippen LogP contribution < -0.4 is 4.74 Å². The topological polar surface area (TPSA) is 51.7 Å². The normalized spacial score (nSPS) is 19.3. The Balaban J connectivity index is 1.64. The molecule has 3 rings (SSSR count). The van der Waals surface area contributed by atoms with Crippen LogP contribution in [0.15, 0.2) is 18.3 Å². The molecule has 102 valence electrons. The molecule has 19 heavy (non-hydrogen) atoms. The maximum Gasteiger partial charge on any atom is 0.254 e. The molecule has 0 N–H and O–H groups in total. The molecule has 0 bridgehead atoms. The van der Waals surface area contributed by atoms with E-state index in [1.165, 1.54) is 12.8 Å². The van der Waals surface area contributed by atoms with Gasteiger partial charge in [-0.15, -0.1) is 0 Å². The fourth-order valence-corrected chi connectivity index (χ4v) is 2.06. The number of carbonyl (C=O) groups is 1. The van der Waals surface area contributed by atoms with E-state index < -0.39 is 0 Å². The molecule has 5 nitrogen and oxygen atoms in total. The molecule has 2 fully saturated rings. The molecule has 0 unspecified atom stereocenters. The minimum atomic E-state index is 0.0296. The van der Waals surface area contributed by atoms with Crippen molar-refractivity contribution in [3.8, 4) is 5.88 Å². The Hall–Kier alpha value is -1.62. The number of nitrogens with zero attached hydrogens (tertiary/aromatic N) is 2. The Labute approximate surface area is 112 Å². The van der Waals surface area contributed by atoms with Gasteiger partial charge in [-0.1, -0.05) is 0 Å². The highest BCUT2D eigenvalue weighted by Crippen LogP contribution is 2.29. The van der Waals surface area contributed by atoms with Crippen molar-refractivity contribution in [2.45, 2.75) is 12.8 Å². The zero-order valence-corrected chi connectivity index (χ0v) is 10.9. The van der Waals surface area contributed by atoms with E-state index in [0.717, 1.165) is 0 Å². The maximum atomic E-state index is 12.3. The number of ether oxygens (including phenoxy) is 2. The van der Waals surface area contributed by atoms with Crippen LogP contribution in [0.5, 0.6) is 5.88 Å². The highest BCUT2D eigenvalue weighted by atomic mass is 16.5. The summed E-state index contributed by atoms with van der Waals surface area (Å²) in [7, 11) is 0. The lowest BCUT2D eigenvalue weighted by Gasteiger charge is -2.26. The average molecular weight is 262 g/mol. The molecule has 1 saturated heterocycles. The Morgan fingerprint density at radius 3 is 2.95 bits per heavy atom. The lowest BCUT2D eigenvalue weighted by Crippen LogP contribution is -2.40. The summed E-state index contributed by atoms with van der Waals surface area (Å²) in [6.07, 6.45) is 4.12. The van der Waals surface area contributed by atoms with Crippen molar-refractivity contribution in [2.75, 3.05) is 32.9 Å². The summed E-state index contributed by atoms with van der Waals surface area (Å²) in [4.78, 5) is 18.2. The SMILES string of the molecule is O=C(c1ccnc(OCC2CC2)c1)N1CCOCC1. The number of rotatable bonds is 4. The molecule has 1 amide bonds. The Bertz CT molecular complexity index is 454. The minimum absolute atomic E-state index is 0.0296. The number of pyridine rings is 1. The smallest absolute Gasteiger partial charge is 0.254 e. The third-order valence-electron chi connectivity index (χ3n) is 3.44. The quantitative estimate of drug-likeness (QED) is 0.821. The second-order valence-corrected chi connectivity index (χ2v) is 5.04. The molecule has 1 aromatic rings. The Kier molecular flexibility index (Phi) is 3.64. The first-order valence-corrected chi connectivity index (χ1v) is 6.79. The van der Waals surface area contributed by atoms with Crippen molar-refractivity contribution in [1.29, 1.82) is 0 Å². The monoisotopic (exact) mass is 262 g/mol. The summed E-state index contributed by atoms with van der Waals surface area (Å²) in [5.41, 5.74) is 0.641. The van der Waals surface area contributed by atoms with Crippen LogP contribution in [0.4, 0.5) is 0 Å². The van der Waals surface area contributed by atoms with Crippen LogP contribution in [-0.4, -0.2) is 48.7 Å². The van der Waals surface area contributed by atoms with Crippen molar-refractivity contribution in [3.05, 3.63) is 23.9 Å². The fourth-order valence-electron chi connectivity index (χ4n) is 2.06. The van der Waals surface area contributed by atoms with Gasteiger partial charge in [-0.3, -0.25) is 4.79 Å². The zero-order valence-electron chi connectivity index (χ0n) is 10.9. The Morgan fingerprint density at radius 2 is 2.21 bits per heavy atom. The molecule has 5 heteroatoms. The maximum absolute atomic E-state index is 12.3. The van der Waals surface area contributed by atoms with Gasteiger partial charge in [0.25, 0.3) is 5.91 Å². The molecule has 1 saturated carbocycles. The van der Waals surface area contributed by atoms with E-state index >= 15 is 0 Å². The lowest BCUT2D eigenvalue weighted by atomic mass is 10.2. The third-order valence-corrected chi connectivity index (χ3v) is 3.44. The molecule has 2 heterocycles. The molecule has 1 aliphatic carbocycles. The van der Waals surface area contributed by atoms with Gasteiger partial charge in [-0.2, -0.15) is 0 Å². The second kappa shape index (κ2) is 5.57. The number of hydrogen-bond donors (Lipinski definition) is 0. The van der Waals surface area contributed by atoms with Crippen LogP contribution in [-0.2, 0) is 4.74 Å². The lowest BCUT2D eigenvalue weighted by molar-refractivity contribution is 0.0302. The van der Waals surface area contributed by atoms with Gasteiger partial charge in [-0.25, -0.2) is 4.98 Å². The summed E-state index contributed by atoms with van der Waals surface area (Å²) >= 11 is 0. The van der Waals surface area contributed by atoms with Crippen LogP contribution in [0.25, 0.3) is 0 Å². The van der Waals surface area contributed by atoms with E-state index in [1.54, 1.807) is 18.3 Å². The van der Waals surface area contributed by atoms with Gasteiger partial charge < -0.3 is 14.4 Å². The number of amides is 1. The minimum Gasteiger partial charge on any atom is -0.477 e. The van der Waals surface area contributed by atoms with Gasteiger partial charge in [0.1, 0.15) is 0 Å². The Morgan fingerprint density at radius 1 is 1.42 bits per heavy atom. The molecule has 1 aromatic heterocycles. The van der Waals surface area contributed by atoms with E-state index in [2.05, 4.69) is 4.98 Å². The predicted molar refractivity (Wildman–Crippen MR) is 69.2 cm³/mol. The summed E-state index contributed by atoms with van der Waals surface area (Å²) in [5, 5.41) is 0. The van der Waals surface area contributed by atoms with E-state index in [9.17, 15) is 4.79 Å². The average Bonchev–Trinajstić information content (AvgIpc) is 3.30. The van der Waals surface area contributed by atoms with Gasteiger partial charge in [0.2, 0.25) is 5.88 Å². The van der Waals surface area contributed by atoms with Crippen LogP contribution in [0, 0.1) is 5.92 Å². The molecule has 0 spiro atoms. The van der Waals surface area contributed by atoms with Crippen LogP contribution in [0.2, 0.25) is 0 Å².